The first-order valence-electron chi connectivity index (χ1n) is 23.3. The molecular formula is C47H84N4O13. The van der Waals surface area contributed by atoms with Crippen LogP contribution in [0.1, 0.15) is 112 Å². The molecule has 0 radical (unpaired) electrons. The molecule has 3 aliphatic rings. The maximum Gasteiger partial charge on any atom is 0.309 e. The van der Waals surface area contributed by atoms with Crippen molar-refractivity contribution in [1.82, 2.24) is 19.7 Å². The Morgan fingerprint density at radius 3 is 2.23 bits per heavy atom. The Bertz CT molecular complexity index is 1660. The molecule has 3 aliphatic heterocycles. The zero-order valence-electron chi connectivity index (χ0n) is 41.2. The number of nitrogens with zero attached hydrogens (tertiary/aromatic N) is 3. The van der Waals surface area contributed by atoms with Crippen molar-refractivity contribution in [3.63, 3.8) is 0 Å². The average molecular weight is 913 g/mol. The van der Waals surface area contributed by atoms with Crippen molar-refractivity contribution >= 4 is 11.9 Å². The summed E-state index contributed by atoms with van der Waals surface area (Å²) in [5.74, 6) is -3.64. The maximum atomic E-state index is 14.6. The number of carbonyl (C=O) groups excluding carboxylic acids is 2. The Hall–Kier alpha value is -2.26. The summed E-state index contributed by atoms with van der Waals surface area (Å²) >= 11 is 0. The van der Waals surface area contributed by atoms with Crippen LogP contribution in [0.3, 0.4) is 0 Å². The number of hydrogen-bond donors (Lipinski definition) is 7. The predicted molar refractivity (Wildman–Crippen MR) is 240 cm³/mol. The van der Waals surface area contributed by atoms with E-state index in [1.165, 1.54) is 14.0 Å². The largest absolute Gasteiger partial charge is 0.459 e. The SMILES string of the molecule is CC[C@H]1OC(=O)[C@H](C)[C@@H](C2C[C@@](C)(OC)[C@@H](O)[C@H](C)O2)[C@H](C)[C@@H](O[C@@H]2O[C@H](C)C[C@H](N(C)C[C@H](NC(=O)c3cccn3C)[C@H](C)O)[C@H]2O)[C@](C)(O)C[C@@H](C)CN(C)[C@H](C)[C@@H](O)[C@]1(C)O. The Balaban J connectivity index is 1.78. The summed E-state index contributed by atoms with van der Waals surface area (Å²) in [5, 5.41) is 73.6. The molecule has 1 unspecified atom stereocenters. The Kier molecular flexibility index (Phi) is 18.5. The second-order valence-electron chi connectivity index (χ2n) is 20.6. The van der Waals surface area contributed by atoms with Gasteiger partial charge < -0.3 is 69.1 Å². The Morgan fingerprint density at radius 1 is 1.03 bits per heavy atom. The normalized spacial score (nSPS) is 43.5. The first-order valence-corrected chi connectivity index (χ1v) is 23.3. The van der Waals surface area contributed by atoms with Crippen LogP contribution in [0.15, 0.2) is 18.3 Å². The molecule has 1 amide bonds. The zero-order chi connectivity index (χ0) is 48.4. The number of rotatable bonds is 11. The molecule has 4 rings (SSSR count). The fourth-order valence-corrected chi connectivity index (χ4v) is 10.9. The molecular weight excluding hydrogens is 829 g/mol. The lowest BCUT2D eigenvalue weighted by molar-refractivity contribution is -0.303. The van der Waals surface area contributed by atoms with Gasteiger partial charge in [-0.1, -0.05) is 27.7 Å². The monoisotopic (exact) mass is 913 g/mol. The van der Waals surface area contributed by atoms with Gasteiger partial charge in [0.15, 0.2) is 6.29 Å². The van der Waals surface area contributed by atoms with Crippen molar-refractivity contribution < 1.29 is 63.9 Å². The minimum Gasteiger partial charge on any atom is -0.459 e. The molecule has 4 heterocycles. The van der Waals surface area contributed by atoms with Gasteiger partial charge in [-0.2, -0.15) is 0 Å². The number of amides is 1. The highest BCUT2D eigenvalue weighted by atomic mass is 16.7. The van der Waals surface area contributed by atoms with Crippen molar-refractivity contribution in [3.05, 3.63) is 24.0 Å². The van der Waals surface area contributed by atoms with Crippen LogP contribution in [-0.2, 0) is 35.5 Å². The number of methoxy groups -OCH3 is 1. The number of carbonyl (C=O) groups is 2. The van der Waals surface area contributed by atoms with Crippen molar-refractivity contribution in [1.29, 1.82) is 0 Å². The molecule has 0 aliphatic carbocycles. The van der Waals surface area contributed by atoms with Gasteiger partial charge in [0.2, 0.25) is 0 Å². The van der Waals surface area contributed by atoms with E-state index in [-0.39, 0.29) is 37.6 Å². The maximum absolute atomic E-state index is 14.6. The quantitative estimate of drug-likeness (QED) is 0.158. The number of cyclic esters (lactones) is 1. The van der Waals surface area contributed by atoms with Gasteiger partial charge in [0, 0.05) is 57.9 Å². The van der Waals surface area contributed by atoms with Crippen molar-refractivity contribution in [2.24, 2.45) is 30.7 Å². The number of esters is 1. The number of nitrogens with one attached hydrogen (secondary N) is 1. The summed E-state index contributed by atoms with van der Waals surface area (Å²) in [7, 11) is 6.91. The lowest BCUT2D eigenvalue weighted by atomic mass is 9.68. The first-order chi connectivity index (χ1) is 29.6. The van der Waals surface area contributed by atoms with Gasteiger partial charge in [-0.25, -0.2) is 0 Å². The summed E-state index contributed by atoms with van der Waals surface area (Å²) in [4.78, 5) is 31.6. The molecule has 0 spiro atoms. The van der Waals surface area contributed by atoms with Crippen LogP contribution in [0.25, 0.3) is 0 Å². The van der Waals surface area contributed by atoms with Gasteiger partial charge in [-0.15, -0.1) is 0 Å². The lowest BCUT2D eigenvalue weighted by Crippen LogP contribution is -2.62. The highest BCUT2D eigenvalue weighted by Gasteiger charge is 2.55. The van der Waals surface area contributed by atoms with Gasteiger partial charge in [0.05, 0.1) is 53.7 Å². The topological polar surface area (TPSA) is 225 Å². The summed E-state index contributed by atoms with van der Waals surface area (Å²) < 4.78 is 33.7. The van der Waals surface area contributed by atoms with Crippen LogP contribution in [0.2, 0.25) is 0 Å². The molecule has 20 atom stereocenters. The molecule has 1 aromatic heterocycles. The van der Waals surface area contributed by atoms with Crippen LogP contribution >= 0.6 is 0 Å². The number of aliphatic hydroxyl groups excluding tert-OH is 4. The molecule has 0 saturated carbocycles. The second kappa shape index (κ2) is 21.8. The van der Waals surface area contributed by atoms with E-state index in [1.807, 2.05) is 37.6 Å². The molecule has 0 aromatic carbocycles. The summed E-state index contributed by atoms with van der Waals surface area (Å²) in [5.41, 5.74) is -4.10. The number of ether oxygens (including phenoxy) is 5. The minimum atomic E-state index is -1.83. The molecule has 7 N–H and O–H groups in total. The highest BCUT2D eigenvalue weighted by molar-refractivity contribution is 5.93. The van der Waals surface area contributed by atoms with Gasteiger partial charge in [-0.05, 0) is 106 Å². The third-order valence-corrected chi connectivity index (χ3v) is 15.0. The van der Waals surface area contributed by atoms with Crippen LogP contribution < -0.4 is 5.32 Å². The molecule has 370 valence electrons. The molecule has 17 nitrogen and oxygen atoms in total. The fraction of sp³-hybridized carbons (Fsp3) is 0.872. The van der Waals surface area contributed by atoms with Crippen LogP contribution in [0.5, 0.6) is 0 Å². The molecule has 3 saturated heterocycles. The zero-order valence-corrected chi connectivity index (χ0v) is 41.2. The third kappa shape index (κ3) is 12.1. The Labute approximate surface area is 381 Å². The number of aliphatic hydroxyl groups is 6. The van der Waals surface area contributed by atoms with Gasteiger partial charge in [-0.3, -0.25) is 14.5 Å². The van der Waals surface area contributed by atoms with E-state index >= 15 is 0 Å². The van der Waals surface area contributed by atoms with Crippen LogP contribution in [-0.4, -0.2) is 187 Å². The van der Waals surface area contributed by atoms with Crippen molar-refractivity contribution in [3.8, 4) is 0 Å². The second-order valence-corrected chi connectivity index (χ2v) is 20.6. The van der Waals surface area contributed by atoms with E-state index < -0.39 is 120 Å². The van der Waals surface area contributed by atoms with E-state index in [2.05, 4.69) is 5.32 Å². The van der Waals surface area contributed by atoms with Gasteiger partial charge in [0.25, 0.3) is 5.91 Å². The van der Waals surface area contributed by atoms with Crippen LogP contribution in [0, 0.1) is 23.7 Å². The molecule has 0 bridgehead atoms. The van der Waals surface area contributed by atoms with E-state index in [4.69, 9.17) is 23.7 Å². The molecule has 3 fully saturated rings. The summed E-state index contributed by atoms with van der Waals surface area (Å²) in [6.07, 6.45) is -7.14. The first kappa shape index (κ1) is 54.3. The number of aryl methyl sites for hydroxylation is 1. The highest BCUT2D eigenvalue weighted by Crippen LogP contribution is 2.45. The van der Waals surface area contributed by atoms with E-state index in [9.17, 15) is 40.2 Å². The minimum absolute atomic E-state index is 0.167. The third-order valence-electron chi connectivity index (χ3n) is 15.0. The molecule has 1 aromatic rings. The van der Waals surface area contributed by atoms with Gasteiger partial charge in [0.1, 0.15) is 35.7 Å². The summed E-state index contributed by atoms with van der Waals surface area (Å²) in [6, 6.07) is 1.61. The Morgan fingerprint density at radius 2 is 1.67 bits per heavy atom. The standard InChI is InChI=1S/C47H84N4O13/c1-16-36-47(11,59)39(54)29(6)50(13)23-25(2)21-45(9,58)41(27(4)37(28(5)43(57)63-36)35-22-46(10,60-15)40(55)31(8)62-35)64-44-38(53)34(20-26(3)61-44)51(14)24-32(30(7)52)48-42(56)33-18-17-19-49(33)12/h17-19,25-32,34-41,44,52-55,58-59H,16,20-24H2,1-15H3,(H,48,56)/t25-,26-,27+,28-,29-,30+,31+,32+,34+,35?,36-,37+,38-,39-,40+,41-,44+,45-,46-,47-/m1/s1. The summed E-state index contributed by atoms with van der Waals surface area (Å²) in [6.45, 7) is 19.9. The lowest BCUT2D eigenvalue weighted by Gasteiger charge is -2.51. The smallest absolute Gasteiger partial charge is 0.309 e. The van der Waals surface area contributed by atoms with E-state index in [0.29, 0.717) is 18.7 Å². The number of likely N-dealkylation sites (N-methyl/N-ethyl adjacent to an activating group) is 2. The van der Waals surface area contributed by atoms with E-state index in [0.717, 1.165) is 0 Å². The van der Waals surface area contributed by atoms with Crippen molar-refractivity contribution in [2.45, 2.75) is 198 Å². The van der Waals surface area contributed by atoms with Gasteiger partial charge >= 0.3 is 5.97 Å². The average Bonchev–Trinajstić information content (AvgIpc) is 3.65. The predicted octanol–water partition coefficient (Wildman–Crippen LogP) is 2.06. The van der Waals surface area contributed by atoms with E-state index in [1.54, 1.807) is 85.5 Å². The number of aromatic nitrogens is 1. The number of hydrogen-bond acceptors (Lipinski definition) is 15. The molecule has 64 heavy (non-hydrogen) atoms. The van der Waals surface area contributed by atoms with Crippen LogP contribution in [0.4, 0.5) is 0 Å². The van der Waals surface area contributed by atoms with Crippen molar-refractivity contribution in [2.75, 3.05) is 34.3 Å². The molecule has 17 heteroatoms. The fourth-order valence-electron chi connectivity index (χ4n) is 10.9.